The SMILES string of the molecule is NC1(CO)CC[C@@H](c2ccc3c(c2)CCc2c-3noc2-c2noc(-c3ccccc3)c2C(F)(F)F)C1. The maximum absolute atomic E-state index is 14.2. The van der Waals surface area contributed by atoms with Gasteiger partial charge < -0.3 is 19.9 Å². The van der Waals surface area contributed by atoms with Crippen LogP contribution in [0.1, 0.15) is 47.4 Å². The molecule has 1 saturated carbocycles. The van der Waals surface area contributed by atoms with Crippen molar-refractivity contribution in [3.8, 4) is 34.0 Å². The third kappa shape index (κ3) is 3.74. The molecular formula is C27H24F3N3O3. The first-order valence-corrected chi connectivity index (χ1v) is 11.9. The van der Waals surface area contributed by atoms with Crippen molar-refractivity contribution in [1.29, 1.82) is 0 Å². The van der Waals surface area contributed by atoms with Crippen LogP contribution >= 0.6 is 0 Å². The van der Waals surface area contributed by atoms with Gasteiger partial charge in [0.2, 0.25) is 0 Å². The minimum Gasteiger partial charge on any atom is -0.394 e. The fraction of sp³-hybridized carbons (Fsp3) is 0.333. The summed E-state index contributed by atoms with van der Waals surface area (Å²) in [7, 11) is 0. The van der Waals surface area contributed by atoms with Gasteiger partial charge in [0.25, 0.3) is 0 Å². The largest absolute Gasteiger partial charge is 0.422 e. The second-order valence-electron chi connectivity index (χ2n) is 9.81. The molecule has 2 aromatic heterocycles. The van der Waals surface area contributed by atoms with Crippen LogP contribution in [0.2, 0.25) is 0 Å². The van der Waals surface area contributed by atoms with Gasteiger partial charge >= 0.3 is 6.18 Å². The van der Waals surface area contributed by atoms with Crippen molar-refractivity contribution in [2.75, 3.05) is 6.61 Å². The molecule has 1 unspecified atom stereocenters. The van der Waals surface area contributed by atoms with E-state index in [2.05, 4.69) is 16.4 Å². The van der Waals surface area contributed by atoms with Gasteiger partial charge in [-0.1, -0.05) is 58.8 Å². The van der Waals surface area contributed by atoms with Crippen molar-refractivity contribution < 1.29 is 27.3 Å². The molecule has 2 heterocycles. The van der Waals surface area contributed by atoms with Gasteiger partial charge in [-0.2, -0.15) is 13.2 Å². The van der Waals surface area contributed by atoms with E-state index in [0.717, 1.165) is 36.0 Å². The number of halogens is 3. The second kappa shape index (κ2) is 8.31. The molecule has 0 amide bonds. The minimum atomic E-state index is -4.70. The molecule has 6 nitrogen and oxygen atoms in total. The Labute approximate surface area is 204 Å². The van der Waals surface area contributed by atoms with Crippen molar-refractivity contribution in [2.24, 2.45) is 5.73 Å². The van der Waals surface area contributed by atoms with Gasteiger partial charge in [-0.05, 0) is 49.1 Å². The van der Waals surface area contributed by atoms with E-state index in [1.54, 1.807) is 30.3 Å². The number of nitrogens with zero attached hydrogens (tertiary/aromatic N) is 2. The summed E-state index contributed by atoms with van der Waals surface area (Å²) in [4.78, 5) is 0. The van der Waals surface area contributed by atoms with Crippen molar-refractivity contribution >= 4 is 0 Å². The van der Waals surface area contributed by atoms with E-state index in [-0.39, 0.29) is 35.3 Å². The Morgan fingerprint density at radius 2 is 1.75 bits per heavy atom. The summed E-state index contributed by atoms with van der Waals surface area (Å²) in [5, 5.41) is 17.6. The van der Waals surface area contributed by atoms with Crippen LogP contribution in [0.15, 0.2) is 57.6 Å². The second-order valence-corrected chi connectivity index (χ2v) is 9.81. The van der Waals surface area contributed by atoms with Crippen LogP contribution in [0.25, 0.3) is 34.0 Å². The highest BCUT2D eigenvalue weighted by atomic mass is 19.4. The van der Waals surface area contributed by atoms with E-state index >= 15 is 0 Å². The third-order valence-electron chi connectivity index (χ3n) is 7.47. The molecule has 0 saturated heterocycles. The maximum atomic E-state index is 14.2. The molecule has 4 aromatic rings. The fourth-order valence-electron chi connectivity index (χ4n) is 5.58. The van der Waals surface area contributed by atoms with Gasteiger partial charge in [0.1, 0.15) is 11.3 Å². The Bertz CT molecular complexity index is 1430. The Morgan fingerprint density at radius 3 is 2.47 bits per heavy atom. The maximum Gasteiger partial charge on any atom is 0.422 e. The summed E-state index contributed by atoms with van der Waals surface area (Å²) in [5.74, 6) is -0.0910. The summed E-state index contributed by atoms with van der Waals surface area (Å²) in [5.41, 5.74) is 8.84. The number of fused-ring (bicyclic) bond motifs is 3. The van der Waals surface area contributed by atoms with Gasteiger partial charge in [0.05, 0.1) is 6.61 Å². The predicted octanol–water partition coefficient (Wildman–Crippen LogP) is 5.74. The molecule has 2 aliphatic rings. The number of rotatable bonds is 4. The molecule has 36 heavy (non-hydrogen) atoms. The zero-order chi connectivity index (χ0) is 25.1. The van der Waals surface area contributed by atoms with Crippen LogP contribution in [0.5, 0.6) is 0 Å². The number of aromatic nitrogens is 2. The van der Waals surface area contributed by atoms with Gasteiger partial charge in [-0.25, -0.2) is 0 Å². The first kappa shape index (κ1) is 23.0. The van der Waals surface area contributed by atoms with Crippen LogP contribution < -0.4 is 5.73 Å². The zero-order valence-electron chi connectivity index (χ0n) is 19.3. The summed E-state index contributed by atoms with van der Waals surface area (Å²) in [6.07, 6.45) is -1.20. The number of aryl methyl sites for hydroxylation is 1. The Hall–Kier alpha value is -3.43. The van der Waals surface area contributed by atoms with Crippen LogP contribution in [0.4, 0.5) is 13.2 Å². The van der Waals surface area contributed by atoms with Crippen molar-refractivity contribution in [3.05, 3.63) is 70.8 Å². The number of benzene rings is 2. The third-order valence-corrected chi connectivity index (χ3v) is 7.47. The highest BCUT2D eigenvalue weighted by Gasteiger charge is 2.43. The summed E-state index contributed by atoms with van der Waals surface area (Å²) in [6.45, 7) is -0.0343. The molecule has 6 rings (SSSR count). The van der Waals surface area contributed by atoms with Crippen molar-refractivity contribution in [1.82, 2.24) is 10.3 Å². The number of alkyl halides is 3. The molecule has 2 atom stereocenters. The van der Waals surface area contributed by atoms with E-state index in [4.69, 9.17) is 14.8 Å². The number of aliphatic hydroxyl groups excluding tert-OH is 1. The Balaban J connectivity index is 1.38. The topological polar surface area (TPSA) is 98.3 Å². The highest BCUT2D eigenvalue weighted by molar-refractivity contribution is 5.79. The van der Waals surface area contributed by atoms with Crippen molar-refractivity contribution in [3.63, 3.8) is 0 Å². The number of aliphatic hydroxyl groups is 1. The molecule has 0 bridgehead atoms. The van der Waals surface area contributed by atoms with Crippen LogP contribution in [0, 0.1) is 0 Å². The normalized spacial score (nSPS) is 21.4. The minimum absolute atomic E-state index is 0.00960. The summed E-state index contributed by atoms with van der Waals surface area (Å²) < 4.78 is 53.2. The monoisotopic (exact) mass is 495 g/mol. The van der Waals surface area contributed by atoms with Crippen molar-refractivity contribution in [2.45, 2.75) is 49.7 Å². The average molecular weight is 496 g/mol. The van der Waals surface area contributed by atoms with Gasteiger partial charge in [-0.3, -0.25) is 0 Å². The predicted molar refractivity (Wildman–Crippen MR) is 126 cm³/mol. The van der Waals surface area contributed by atoms with E-state index in [0.29, 0.717) is 24.1 Å². The number of hydrogen-bond donors (Lipinski definition) is 2. The quantitative estimate of drug-likeness (QED) is 0.375. The summed E-state index contributed by atoms with van der Waals surface area (Å²) in [6, 6.07) is 14.2. The molecule has 9 heteroatoms. The molecular weight excluding hydrogens is 471 g/mol. The van der Waals surface area contributed by atoms with Gasteiger partial charge in [-0.15, -0.1) is 0 Å². The van der Waals surface area contributed by atoms with Crippen LogP contribution in [0.3, 0.4) is 0 Å². The Morgan fingerprint density at radius 1 is 1.00 bits per heavy atom. The molecule has 1 fully saturated rings. The molecule has 2 aromatic carbocycles. The molecule has 186 valence electrons. The summed E-state index contributed by atoms with van der Waals surface area (Å²) >= 11 is 0. The van der Waals surface area contributed by atoms with Crippen LogP contribution in [-0.2, 0) is 19.0 Å². The first-order valence-electron chi connectivity index (χ1n) is 11.9. The van der Waals surface area contributed by atoms with Gasteiger partial charge in [0.15, 0.2) is 17.2 Å². The zero-order valence-corrected chi connectivity index (χ0v) is 19.3. The lowest BCUT2D eigenvalue weighted by Crippen LogP contribution is -2.40. The molecule has 3 N–H and O–H groups in total. The van der Waals surface area contributed by atoms with E-state index in [9.17, 15) is 18.3 Å². The van der Waals surface area contributed by atoms with E-state index < -0.39 is 17.3 Å². The first-order chi connectivity index (χ1) is 17.3. The Kier molecular flexibility index (Phi) is 5.31. The average Bonchev–Trinajstić information content (AvgIpc) is 3.60. The molecule has 0 aliphatic heterocycles. The highest BCUT2D eigenvalue weighted by Crippen LogP contribution is 2.47. The lowest BCUT2D eigenvalue weighted by Gasteiger charge is -2.22. The molecule has 2 aliphatic carbocycles. The molecule has 0 radical (unpaired) electrons. The van der Waals surface area contributed by atoms with E-state index in [1.165, 1.54) is 0 Å². The smallest absolute Gasteiger partial charge is 0.394 e. The van der Waals surface area contributed by atoms with Crippen LogP contribution in [-0.4, -0.2) is 27.6 Å². The molecule has 0 spiro atoms. The van der Waals surface area contributed by atoms with Gasteiger partial charge in [0, 0.05) is 22.2 Å². The number of hydrogen-bond acceptors (Lipinski definition) is 6. The van der Waals surface area contributed by atoms with E-state index in [1.807, 2.05) is 12.1 Å². The number of nitrogens with two attached hydrogens (primary N) is 1. The fourth-order valence-corrected chi connectivity index (χ4v) is 5.58. The lowest BCUT2D eigenvalue weighted by molar-refractivity contribution is -0.136. The lowest BCUT2D eigenvalue weighted by atomic mass is 9.84. The standard InChI is InChI=1S/C27H24F3N3O3/c28-27(29,30)21-23(33-35-24(21)15-4-2-1-3-5-15)25-20-9-7-17-12-16(6-8-19(17)22(20)32-36-25)18-10-11-26(31,13-18)14-34/h1-6,8,12,18,34H,7,9-11,13-14,31H2/t18-,26?/m1/s1.